The Kier molecular flexibility index (Phi) is 5.13. The normalized spacial score (nSPS) is 19.5. The first kappa shape index (κ1) is 18.6. The van der Waals surface area contributed by atoms with Crippen LogP contribution < -0.4 is 11.3 Å². The number of allylic oxidation sites excluding steroid dienone is 4. The van der Waals surface area contributed by atoms with Crippen molar-refractivity contribution in [1.29, 1.82) is 0 Å². The van der Waals surface area contributed by atoms with Crippen LogP contribution >= 0.6 is 11.3 Å². The molecular formula is C20H22N4O3S. The van der Waals surface area contributed by atoms with Gasteiger partial charge in [-0.25, -0.2) is 0 Å². The number of carbonyl (C=O) groups is 1. The molecule has 2 aliphatic carbocycles. The van der Waals surface area contributed by atoms with Gasteiger partial charge in [-0.2, -0.15) is 14.6 Å². The van der Waals surface area contributed by atoms with Gasteiger partial charge in [0.2, 0.25) is 10.7 Å². The zero-order valence-corrected chi connectivity index (χ0v) is 16.2. The number of nitrogens with two attached hydrogens (primary N) is 1. The predicted molar refractivity (Wildman–Crippen MR) is 109 cm³/mol. The van der Waals surface area contributed by atoms with E-state index >= 15 is 0 Å². The number of hydrogen-bond acceptors (Lipinski definition) is 7. The average molecular weight is 398 g/mol. The van der Waals surface area contributed by atoms with Crippen LogP contribution in [0.2, 0.25) is 0 Å². The van der Waals surface area contributed by atoms with Crippen molar-refractivity contribution in [2.24, 2.45) is 5.92 Å². The van der Waals surface area contributed by atoms with Crippen LogP contribution in [-0.4, -0.2) is 25.5 Å². The Bertz CT molecular complexity index is 1070. The zero-order valence-electron chi connectivity index (χ0n) is 15.4. The molecule has 0 aliphatic heterocycles. The average Bonchev–Trinajstić information content (AvgIpc) is 3.10. The lowest BCUT2D eigenvalue weighted by molar-refractivity contribution is -0.113. The van der Waals surface area contributed by atoms with Gasteiger partial charge in [-0.1, -0.05) is 49.5 Å². The van der Waals surface area contributed by atoms with Gasteiger partial charge in [-0.05, 0) is 36.1 Å². The molecule has 28 heavy (non-hydrogen) atoms. The number of aromatic nitrogens is 3. The van der Waals surface area contributed by atoms with Gasteiger partial charge < -0.3 is 10.8 Å². The van der Waals surface area contributed by atoms with E-state index in [4.69, 9.17) is 5.73 Å². The summed E-state index contributed by atoms with van der Waals surface area (Å²) in [7, 11) is 0. The molecule has 2 heterocycles. The van der Waals surface area contributed by atoms with Crippen LogP contribution in [0.5, 0.6) is 0 Å². The zero-order chi connectivity index (χ0) is 19.7. The van der Waals surface area contributed by atoms with Gasteiger partial charge in [0.1, 0.15) is 10.8 Å². The number of fused-ring (bicyclic) bond motifs is 1. The Morgan fingerprint density at radius 1 is 1.25 bits per heavy atom. The van der Waals surface area contributed by atoms with E-state index < -0.39 is 11.3 Å². The molecular weight excluding hydrogens is 376 g/mol. The number of hydrogen-bond donors (Lipinski definition) is 2. The number of nitrogen functional groups attached to an aromatic ring is 1. The first-order chi connectivity index (χ1) is 13.5. The van der Waals surface area contributed by atoms with Crippen molar-refractivity contribution in [1.82, 2.24) is 14.6 Å². The molecule has 2 aromatic heterocycles. The third-order valence-corrected chi connectivity index (χ3v) is 6.29. The van der Waals surface area contributed by atoms with E-state index in [1.165, 1.54) is 72.3 Å². The third-order valence-electron chi connectivity index (χ3n) is 5.32. The summed E-state index contributed by atoms with van der Waals surface area (Å²) in [4.78, 5) is 28.4. The van der Waals surface area contributed by atoms with Crippen molar-refractivity contribution < 1.29 is 9.90 Å². The predicted octanol–water partition coefficient (Wildman–Crippen LogP) is 3.21. The lowest BCUT2D eigenvalue weighted by Crippen LogP contribution is -2.17. The summed E-state index contributed by atoms with van der Waals surface area (Å²) in [5.41, 5.74) is 6.44. The molecule has 3 N–H and O–H groups in total. The molecule has 0 atom stereocenters. The van der Waals surface area contributed by atoms with Crippen molar-refractivity contribution in [2.75, 3.05) is 5.73 Å². The molecule has 1 saturated carbocycles. The van der Waals surface area contributed by atoms with Crippen LogP contribution in [0.3, 0.4) is 0 Å². The fourth-order valence-corrected chi connectivity index (χ4v) is 4.66. The molecule has 0 spiro atoms. The summed E-state index contributed by atoms with van der Waals surface area (Å²) in [6.45, 7) is 0. The van der Waals surface area contributed by atoms with E-state index in [1.54, 1.807) is 0 Å². The third kappa shape index (κ3) is 3.77. The van der Waals surface area contributed by atoms with Crippen LogP contribution in [-0.2, 0) is 11.2 Å². The minimum atomic E-state index is -0.475. The number of rotatable bonds is 4. The van der Waals surface area contributed by atoms with Gasteiger partial charge in [0, 0.05) is 6.42 Å². The lowest BCUT2D eigenvalue weighted by Gasteiger charge is -2.20. The van der Waals surface area contributed by atoms with E-state index in [0.717, 1.165) is 23.8 Å². The molecule has 1 fully saturated rings. The van der Waals surface area contributed by atoms with Crippen molar-refractivity contribution in [3.63, 3.8) is 0 Å². The molecule has 0 amide bonds. The highest BCUT2D eigenvalue weighted by molar-refractivity contribution is 7.16. The lowest BCUT2D eigenvalue weighted by atomic mass is 9.86. The van der Waals surface area contributed by atoms with E-state index in [1.807, 2.05) is 0 Å². The van der Waals surface area contributed by atoms with Gasteiger partial charge in [0.05, 0.1) is 5.56 Å². The van der Waals surface area contributed by atoms with Crippen LogP contribution in [0.15, 0.2) is 34.4 Å². The first-order valence-electron chi connectivity index (χ1n) is 9.54. The van der Waals surface area contributed by atoms with E-state index in [-0.39, 0.29) is 17.1 Å². The molecule has 0 bridgehead atoms. The second-order valence-corrected chi connectivity index (χ2v) is 8.36. The summed E-state index contributed by atoms with van der Waals surface area (Å²) >= 11 is 1.40. The monoisotopic (exact) mass is 398 g/mol. The second-order valence-electron chi connectivity index (χ2n) is 7.32. The van der Waals surface area contributed by atoms with Crippen molar-refractivity contribution in [3.05, 3.63) is 50.5 Å². The van der Waals surface area contributed by atoms with Gasteiger partial charge >= 0.3 is 0 Å². The summed E-state index contributed by atoms with van der Waals surface area (Å²) < 4.78 is 1.51. The number of carbonyl (C=O) groups excluding carboxylic acids is 1. The smallest absolute Gasteiger partial charge is 0.283 e. The molecule has 0 unspecified atom stereocenters. The summed E-state index contributed by atoms with van der Waals surface area (Å²) in [5.74, 6) is 0.116. The van der Waals surface area contributed by atoms with Crippen LogP contribution in [0.4, 0.5) is 5.82 Å². The SMILES string of the molecule is Nc1c(C=C2C=CC(=O)C(O)=C2)c(=O)nc2sc(CCC3CCCCC3)nn12. The maximum Gasteiger partial charge on any atom is 0.283 e. The first-order valence-corrected chi connectivity index (χ1v) is 10.4. The second kappa shape index (κ2) is 7.71. The molecule has 2 aliphatic rings. The maximum atomic E-state index is 12.4. The highest BCUT2D eigenvalue weighted by Crippen LogP contribution is 2.28. The fourth-order valence-electron chi connectivity index (χ4n) is 3.75. The Balaban J connectivity index is 1.62. The molecule has 7 nitrogen and oxygen atoms in total. The fraction of sp³-hybridized carbons (Fsp3) is 0.400. The highest BCUT2D eigenvalue weighted by Gasteiger charge is 2.17. The number of aliphatic hydroxyl groups is 1. The van der Waals surface area contributed by atoms with Gasteiger partial charge in [0.15, 0.2) is 5.76 Å². The number of ketones is 1. The molecule has 0 aromatic carbocycles. The van der Waals surface area contributed by atoms with Gasteiger partial charge in [-0.15, -0.1) is 0 Å². The summed E-state index contributed by atoms with van der Waals surface area (Å²) in [6.07, 6.45) is 14.1. The molecule has 4 rings (SSSR count). The van der Waals surface area contributed by atoms with E-state index in [2.05, 4.69) is 10.1 Å². The number of aryl methyl sites for hydroxylation is 1. The van der Waals surface area contributed by atoms with Crippen molar-refractivity contribution in [3.8, 4) is 0 Å². The number of anilines is 1. The standard InChI is InChI=1S/C20H22N4O3S/c21-18-14(10-13-6-8-15(25)16(26)11-13)19(27)22-20-24(18)23-17(28-20)9-7-12-4-2-1-3-5-12/h6,8,10-12,26H,1-5,7,9,21H2. The molecule has 0 saturated heterocycles. The minimum absolute atomic E-state index is 0.194. The van der Waals surface area contributed by atoms with Crippen molar-refractivity contribution >= 4 is 34.0 Å². The Morgan fingerprint density at radius 3 is 2.79 bits per heavy atom. The van der Waals surface area contributed by atoms with Gasteiger partial charge in [-0.3, -0.25) is 9.59 Å². The maximum absolute atomic E-state index is 12.4. The van der Waals surface area contributed by atoms with Crippen LogP contribution in [0, 0.1) is 5.92 Å². The summed E-state index contributed by atoms with van der Waals surface area (Å²) in [5, 5.41) is 15.1. The number of nitrogens with zero attached hydrogens (tertiary/aromatic N) is 3. The Morgan fingerprint density at radius 2 is 2.04 bits per heavy atom. The molecule has 0 radical (unpaired) electrons. The van der Waals surface area contributed by atoms with Crippen LogP contribution in [0.25, 0.3) is 11.0 Å². The highest BCUT2D eigenvalue weighted by atomic mass is 32.1. The Labute approximate surface area is 165 Å². The Hall–Kier alpha value is -2.74. The molecule has 8 heteroatoms. The largest absolute Gasteiger partial charge is 0.504 e. The molecule has 2 aromatic rings. The number of aliphatic hydroxyl groups excluding tert-OH is 1. The summed E-state index contributed by atoms with van der Waals surface area (Å²) in [6, 6.07) is 0. The van der Waals surface area contributed by atoms with Crippen molar-refractivity contribution in [2.45, 2.75) is 44.9 Å². The van der Waals surface area contributed by atoms with Gasteiger partial charge in [0.25, 0.3) is 5.56 Å². The van der Waals surface area contributed by atoms with E-state index in [9.17, 15) is 14.7 Å². The quantitative estimate of drug-likeness (QED) is 0.818. The van der Waals surface area contributed by atoms with E-state index in [0.29, 0.717) is 10.5 Å². The van der Waals surface area contributed by atoms with Crippen LogP contribution in [0.1, 0.15) is 49.1 Å². The topological polar surface area (TPSA) is 111 Å². The minimum Gasteiger partial charge on any atom is -0.504 e. The molecule has 146 valence electrons.